The van der Waals surface area contributed by atoms with E-state index in [1.54, 1.807) is 38.4 Å². The number of anilines is 2. The van der Waals surface area contributed by atoms with Crippen molar-refractivity contribution in [1.82, 2.24) is 9.80 Å². The Balaban J connectivity index is 1.75. The molecule has 2 unspecified atom stereocenters. The Bertz CT molecular complexity index is 1030. The molecule has 3 rings (SSSR count). The monoisotopic (exact) mass is 476 g/mol. The lowest BCUT2D eigenvalue weighted by Crippen LogP contribution is -2.45. The number of nitrogens with zero attached hydrogens (tertiary/aromatic N) is 2. The molecule has 33 heavy (non-hydrogen) atoms. The van der Waals surface area contributed by atoms with Gasteiger partial charge in [-0.3, -0.25) is 9.59 Å². The highest BCUT2D eigenvalue weighted by molar-refractivity contribution is 6.30. The Morgan fingerprint density at radius 1 is 1.15 bits per heavy atom. The van der Waals surface area contributed by atoms with E-state index in [1.807, 2.05) is 6.92 Å². The molecule has 2 aromatic carbocycles. The maximum atomic E-state index is 14.6. The zero-order valence-corrected chi connectivity index (χ0v) is 19.4. The molecule has 0 bridgehead atoms. The van der Waals surface area contributed by atoms with E-state index in [9.17, 15) is 18.8 Å². The molecule has 8 nitrogen and oxygen atoms in total. The van der Waals surface area contributed by atoms with Crippen LogP contribution in [0.15, 0.2) is 42.5 Å². The van der Waals surface area contributed by atoms with Crippen LogP contribution in [0.4, 0.5) is 20.6 Å². The number of likely N-dealkylation sites (tertiary alicyclic amines) is 1. The number of urea groups is 1. The molecule has 2 aromatic rings. The molecule has 4 amide bonds. The van der Waals surface area contributed by atoms with Gasteiger partial charge in [-0.05, 0) is 49.4 Å². The topological polar surface area (TPSA) is 91.0 Å². The number of carbonyl (C=O) groups excluding carboxylic acids is 3. The molecule has 2 N–H and O–H groups in total. The van der Waals surface area contributed by atoms with Crippen molar-refractivity contribution >= 4 is 40.8 Å². The van der Waals surface area contributed by atoms with Gasteiger partial charge in [0.25, 0.3) is 5.91 Å². The van der Waals surface area contributed by atoms with E-state index in [4.69, 9.17) is 16.3 Å². The number of carbonyl (C=O) groups is 3. The van der Waals surface area contributed by atoms with Crippen LogP contribution in [0.25, 0.3) is 0 Å². The van der Waals surface area contributed by atoms with Gasteiger partial charge in [0.2, 0.25) is 5.91 Å². The second-order valence-corrected chi connectivity index (χ2v) is 8.24. The first kappa shape index (κ1) is 24.5. The summed E-state index contributed by atoms with van der Waals surface area (Å²) in [7, 11) is 3.13. The first-order valence-electron chi connectivity index (χ1n) is 10.5. The van der Waals surface area contributed by atoms with E-state index < -0.39 is 23.8 Å². The zero-order valence-electron chi connectivity index (χ0n) is 18.6. The van der Waals surface area contributed by atoms with Crippen LogP contribution in [0.1, 0.15) is 23.7 Å². The highest BCUT2D eigenvalue weighted by Gasteiger charge is 2.40. The third-order valence-electron chi connectivity index (χ3n) is 5.20. The van der Waals surface area contributed by atoms with Gasteiger partial charge in [-0.2, -0.15) is 0 Å². The minimum absolute atomic E-state index is 0.0757. The standard InChI is InChI=1S/C23H26ClFN4O4/c1-4-33-17-12-20(29(13-17)23(32)26-16-8-6-15(24)7-9-16)21(30)27-19-10-5-14(11-18(19)25)22(31)28(2)3/h5-11,17,20H,4,12-13H2,1-3H3,(H,26,32)(H,27,30). The molecule has 1 aliphatic rings. The maximum Gasteiger partial charge on any atom is 0.322 e. The molecular formula is C23H26ClFN4O4. The Labute approximate surface area is 196 Å². The molecule has 0 aromatic heterocycles. The Kier molecular flexibility index (Phi) is 7.88. The summed E-state index contributed by atoms with van der Waals surface area (Å²) in [5.41, 5.74) is 0.612. The molecule has 1 saturated heterocycles. The van der Waals surface area contributed by atoms with Crippen molar-refractivity contribution in [3.05, 3.63) is 58.9 Å². The van der Waals surface area contributed by atoms with Crippen molar-refractivity contribution in [3.8, 4) is 0 Å². The molecule has 1 heterocycles. The van der Waals surface area contributed by atoms with Gasteiger partial charge in [0.05, 0.1) is 11.8 Å². The lowest BCUT2D eigenvalue weighted by Gasteiger charge is -2.24. The fourth-order valence-electron chi connectivity index (χ4n) is 3.58. The third kappa shape index (κ3) is 6.00. The highest BCUT2D eigenvalue weighted by atomic mass is 35.5. The van der Waals surface area contributed by atoms with Crippen molar-refractivity contribution in [1.29, 1.82) is 0 Å². The number of hydrogen-bond donors (Lipinski definition) is 2. The van der Waals surface area contributed by atoms with Crippen molar-refractivity contribution in [2.75, 3.05) is 37.9 Å². The van der Waals surface area contributed by atoms with Crippen LogP contribution in [0.3, 0.4) is 0 Å². The van der Waals surface area contributed by atoms with Crippen LogP contribution in [-0.4, -0.2) is 67.0 Å². The third-order valence-corrected chi connectivity index (χ3v) is 5.46. The zero-order chi connectivity index (χ0) is 24.1. The predicted octanol–water partition coefficient (Wildman–Crippen LogP) is 3.83. The van der Waals surface area contributed by atoms with Crippen LogP contribution >= 0.6 is 11.6 Å². The quantitative estimate of drug-likeness (QED) is 0.663. The van der Waals surface area contributed by atoms with Crippen LogP contribution < -0.4 is 10.6 Å². The van der Waals surface area contributed by atoms with E-state index in [2.05, 4.69) is 10.6 Å². The highest BCUT2D eigenvalue weighted by Crippen LogP contribution is 2.25. The smallest absolute Gasteiger partial charge is 0.322 e. The van der Waals surface area contributed by atoms with Crippen LogP contribution in [0, 0.1) is 5.82 Å². The second-order valence-electron chi connectivity index (χ2n) is 7.80. The number of ether oxygens (including phenoxy) is 1. The average Bonchev–Trinajstić information content (AvgIpc) is 3.20. The number of amides is 4. The number of nitrogens with one attached hydrogen (secondary N) is 2. The Morgan fingerprint density at radius 3 is 2.45 bits per heavy atom. The summed E-state index contributed by atoms with van der Waals surface area (Å²) in [6, 6.07) is 9.07. The number of benzene rings is 2. The van der Waals surface area contributed by atoms with E-state index in [0.717, 1.165) is 6.07 Å². The van der Waals surface area contributed by atoms with Crippen molar-refractivity contribution < 1.29 is 23.5 Å². The van der Waals surface area contributed by atoms with Crippen LogP contribution in [-0.2, 0) is 9.53 Å². The first-order valence-corrected chi connectivity index (χ1v) is 10.8. The van der Waals surface area contributed by atoms with Gasteiger partial charge in [0.15, 0.2) is 0 Å². The molecule has 176 valence electrons. The van der Waals surface area contributed by atoms with Gasteiger partial charge in [-0.25, -0.2) is 9.18 Å². The molecule has 10 heteroatoms. The minimum Gasteiger partial charge on any atom is -0.377 e. The number of rotatable bonds is 6. The fraction of sp³-hybridized carbons (Fsp3) is 0.348. The van der Waals surface area contributed by atoms with Crippen molar-refractivity contribution in [2.45, 2.75) is 25.5 Å². The normalized spacial score (nSPS) is 17.5. The van der Waals surface area contributed by atoms with Gasteiger partial charge in [-0.1, -0.05) is 11.6 Å². The van der Waals surface area contributed by atoms with E-state index >= 15 is 0 Å². The molecule has 1 fully saturated rings. The Hall–Kier alpha value is -3.17. The number of halogens is 2. The second kappa shape index (κ2) is 10.6. The van der Waals surface area contributed by atoms with Gasteiger partial charge >= 0.3 is 6.03 Å². The molecule has 0 aliphatic carbocycles. The summed E-state index contributed by atoms with van der Waals surface area (Å²) >= 11 is 5.88. The van der Waals surface area contributed by atoms with Crippen molar-refractivity contribution in [2.24, 2.45) is 0 Å². The Morgan fingerprint density at radius 2 is 1.85 bits per heavy atom. The molecule has 0 spiro atoms. The van der Waals surface area contributed by atoms with Crippen LogP contribution in [0.5, 0.6) is 0 Å². The largest absolute Gasteiger partial charge is 0.377 e. The molecule has 1 aliphatic heterocycles. The summed E-state index contributed by atoms with van der Waals surface area (Å²) < 4.78 is 20.2. The SMILES string of the molecule is CCOC1CC(C(=O)Nc2ccc(C(=O)N(C)C)cc2F)N(C(=O)Nc2ccc(Cl)cc2)C1. The predicted molar refractivity (Wildman–Crippen MR) is 124 cm³/mol. The first-order chi connectivity index (χ1) is 15.7. The fourth-order valence-corrected chi connectivity index (χ4v) is 3.71. The number of hydrogen-bond acceptors (Lipinski definition) is 4. The van der Waals surface area contributed by atoms with Crippen molar-refractivity contribution in [3.63, 3.8) is 0 Å². The summed E-state index contributed by atoms with van der Waals surface area (Å²) in [4.78, 5) is 40.6. The molecule has 0 radical (unpaired) electrons. The van der Waals surface area contributed by atoms with Gasteiger partial charge < -0.3 is 25.2 Å². The van der Waals surface area contributed by atoms with Gasteiger partial charge in [0, 0.05) is 49.9 Å². The van der Waals surface area contributed by atoms with Crippen LogP contribution in [0.2, 0.25) is 5.02 Å². The average molecular weight is 477 g/mol. The van der Waals surface area contributed by atoms with E-state index in [0.29, 0.717) is 17.3 Å². The maximum absolute atomic E-state index is 14.6. The molecule has 0 saturated carbocycles. The molecular weight excluding hydrogens is 451 g/mol. The minimum atomic E-state index is -0.865. The lowest BCUT2D eigenvalue weighted by molar-refractivity contribution is -0.119. The van der Waals surface area contributed by atoms with E-state index in [1.165, 1.54) is 21.9 Å². The summed E-state index contributed by atoms with van der Waals surface area (Å²) in [5, 5.41) is 5.80. The molecule has 2 atom stereocenters. The summed E-state index contributed by atoms with van der Waals surface area (Å²) in [6.45, 7) is 2.48. The summed E-state index contributed by atoms with van der Waals surface area (Å²) in [6.07, 6.45) is -0.0568. The van der Waals surface area contributed by atoms with Gasteiger partial charge in [-0.15, -0.1) is 0 Å². The lowest BCUT2D eigenvalue weighted by atomic mass is 10.1. The van der Waals surface area contributed by atoms with Gasteiger partial charge in [0.1, 0.15) is 11.9 Å². The summed E-state index contributed by atoms with van der Waals surface area (Å²) in [5.74, 6) is -1.64. The van der Waals surface area contributed by atoms with E-state index in [-0.39, 0.29) is 36.2 Å².